The Labute approximate surface area is 73.7 Å². The molecule has 72 valence electrons. The van der Waals surface area contributed by atoms with Crippen molar-refractivity contribution in [1.29, 1.82) is 0 Å². The Kier molecular flexibility index (Phi) is 2.76. The molecule has 1 heterocycles. The average molecular weight is 208 g/mol. The molecule has 1 rings (SSSR count). The van der Waals surface area contributed by atoms with Gasteiger partial charge >= 0.3 is 5.76 Å². The van der Waals surface area contributed by atoms with Gasteiger partial charge in [-0.25, -0.2) is 8.42 Å². The topological polar surface area (TPSA) is 59.1 Å². The summed E-state index contributed by atoms with van der Waals surface area (Å²) in [6.07, 6.45) is 2.54. The van der Waals surface area contributed by atoms with Crippen LogP contribution in [0.2, 0.25) is 0 Å². The van der Waals surface area contributed by atoms with Crippen LogP contribution in [0, 0.1) is 0 Å². The van der Waals surface area contributed by atoms with Crippen molar-refractivity contribution >= 4 is 15.7 Å². The van der Waals surface area contributed by atoms with Crippen molar-refractivity contribution in [2.75, 3.05) is 4.72 Å². The van der Waals surface area contributed by atoms with Crippen LogP contribution in [0.5, 0.6) is 0 Å². The zero-order valence-corrected chi connectivity index (χ0v) is 7.13. The molecule has 1 N–H and O–H groups in total. The number of sulfonamides is 1. The second-order valence-electron chi connectivity index (χ2n) is 2.15. The van der Waals surface area contributed by atoms with Crippen molar-refractivity contribution in [3.63, 3.8) is 0 Å². The average Bonchev–Trinajstić information content (AvgIpc) is 2.05. The van der Waals surface area contributed by atoms with E-state index in [1.807, 2.05) is 0 Å². The van der Waals surface area contributed by atoms with Gasteiger partial charge in [-0.3, -0.25) is 9.71 Å². The fourth-order valence-electron chi connectivity index (χ4n) is 0.632. The van der Waals surface area contributed by atoms with Gasteiger partial charge in [-0.15, -0.1) is 0 Å². The summed E-state index contributed by atoms with van der Waals surface area (Å²) in [4.78, 5) is 3.56. The van der Waals surface area contributed by atoms with Crippen LogP contribution in [0.15, 0.2) is 24.5 Å². The number of nitrogens with one attached hydrogen (secondary N) is 1. The van der Waals surface area contributed by atoms with E-state index in [0.717, 1.165) is 6.20 Å². The molecule has 0 radical (unpaired) electrons. The van der Waals surface area contributed by atoms with Crippen LogP contribution in [-0.2, 0) is 10.0 Å². The monoisotopic (exact) mass is 208 g/mol. The summed E-state index contributed by atoms with van der Waals surface area (Å²) >= 11 is 0. The molecule has 0 aromatic carbocycles. The van der Waals surface area contributed by atoms with Crippen LogP contribution >= 0.6 is 0 Å². The highest BCUT2D eigenvalue weighted by Gasteiger charge is 2.23. The van der Waals surface area contributed by atoms with E-state index in [9.17, 15) is 17.2 Å². The standard InChI is InChI=1S/C6H6F2N2O2S/c7-6(8)13(11,12)10-5-2-1-3-9-4-5/h1-4,6,10H. The second-order valence-corrected chi connectivity index (χ2v) is 3.80. The highest BCUT2D eigenvalue weighted by Crippen LogP contribution is 2.11. The minimum Gasteiger partial charge on any atom is -0.277 e. The lowest BCUT2D eigenvalue weighted by molar-refractivity contribution is 0.236. The number of rotatable bonds is 3. The van der Waals surface area contributed by atoms with Gasteiger partial charge in [-0.2, -0.15) is 8.78 Å². The van der Waals surface area contributed by atoms with E-state index in [4.69, 9.17) is 0 Å². The largest absolute Gasteiger partial charge is 0.355 e. The van der Waals surface area contributed by atoms with Crippen LogP contribution in [0.1, 0.15) is 0 Å². The summed E-state index contributed by atoms with van der Waals surface area (Å²) in [7, 11) is -4.57. The number of halogens is 2. The normalized spacial score (nSPS) is 11.6. The second kappa shape index (κ2) is 3.65. The summed E-state index contributed by atoms with van der Waals surface area (Å²) in [6.45, 7) is 0. The van der Waals surface area contributed by atoms with E-state index in [-0.39, 0.29) is 5.69 Å². The zero-order valence-electron chi connectivity index (χ0n) is 6.31. The fourth-order valence-corrected chi connectivity index (χ4v) is 1.17. The first-order chi connectivity index (χ1) is 6.02. The first-order valence-corrected chi connectivity index (χ1v) is 4.77. The van der Waals surface area contributed by atoms with Gasteiger partial charge in [0.2, 0.25) is 0 Å². The van der Waals surface area contributed by atoms with Crippen molar-refractivity contribution < 1.29 is 17.2 Å². The summed E-state index contributed by atoms with van der Waals surface area (Å²) in [5.41, 5.74) is 0.0165. The maximum absolute atomic E-state index is 11.8. The smallest absolute Gasteiger partial charge is 0.277 e. The lowest BCUT2D eigenvalue weighted by Gasteiger charge is -2.04. The Balaban J connectivity index is 2.82. The van der Waals surface area contributed by atoms with Gasteiger partial charge in [0.05, 0.1) is 11.9 Å². The number of aromatic nitrogens is 1. The van der Waals surface area contributed by atoms with Crippen molar-refractivity contribution in [3.05, 3.63) is 24.5 Å². The molecule has 0 aliphatic rings. The number of anilines is 1. The van der Waals surface area contributed by atoms with E-state index >= 15 is 0 Å². The molecule has 0 bridgehead atoms. The van der Waals surface area contributed by atoms with E-state index in [2.05, 4.69) is 4.98 Å². The number of nitrogens with zero attached hydrogens (tertiary/aromatic N) is 1. The number of hydrogen-bond acceptors (Lipinski definition) is 3. The van der Waals surface area contributed by atoms with E-state index in [0.29, 0.717) is 0 Å². The number of hydrogen-bond donors (Lipinski definition) is 1. The SMILES string of the molecule is O=S(=O)(Nc1cccnc1)C(F)F. The Hall–Kier alpha value is -1.24. The van der Waals surface area contributed by atoms with Crippen LogP contribution < -0.4 is 4.72 Å². The third-order valence-corrected chi connectivity index (χ3v) is 2.15. The fraction of sp³-hybridized carbons (Fsp3) is 0.167. The molecular weight excluding hydrogens is 202 g/mol. The summed E-state index contributed by atoms with van der Waals surface area (Å²) in [5.74, 6) is -3.44. The molecule has 0 fully saturated rings. The van der Waals surface area contributed by atoms with Crippen LogP contribution in [-0.4, -0.2) is 19.2 Å². The first kappa shape index (κ1) is 9.85. The molecule has 0 unspecified atom stereocenters. The maximum Gasteiger partial charge on any atom is 0.355 e. The lowest BCUT2D eigenvalue weighted by atomic mass is 10.4. The third kappa shape index (κ3) is 2.62. The van der Waals surface area contributed by atoms with Gasteiger partial charge in [0, 0.05) is 6.20 Å². The van der Waals surface area contributed by atoms with Crippen molar-refractivity contribution in [2.45, 2.75) is 5.76 Å². The molecule has 1 aromatic heterocycles. The van der Waals surface area contributed by atoms with Crippen molar-refractivity contribution in [3.8, 4) is 0 Å². The minimum absolute atomic E-state index is 0.0165. The zero-order chi connectivity index (χ0) is 9.90. The van der Waals surface area contributed by atoms with Crippen LogP contribution in [0.4, 0.5) is 14.5 Å². The van der Waals surface area contributed by atoms with Crippen molar-refractivity contribution in [2.24, 2.45) is 0 Å². The summed E-state index contributed by atoms with van der Waals surface area (Å²) in [6, 6.07) is 2.76. The van der Waals surface area contributed by atoms with Crippen LogP contribution in [0.25, 0.3) is 0 Å². The molecule has 0 aliphatic carbocycles. The molecule has 13 heavy (non-hydrogen) atoms. The Bertz CT molecular complexity index is 365. The molecule has 4 nitrogen and oxygen atoms in total. The van der Waals surface area contributed by atoms with Gasteiger partial charge in [0.15, 0.2) is 0 Å². The van der Waals surface area contributed by atoms with E-state index < -0.39 is 15.8 Å². The molecule has 0 saturated heterocycles. The third-order valence-electron chi connectivity index (χ3n) is 1.16. The molecule has 1 aromatic rings. The molecule has 0 atom stereocenters. The molecular formula is C6H6F2N2O2S. The summed E-state index contributed by atoms with van der Waals surface area (Å²) in [5, 5.41) is 0. The Morgan fingerprint density at radius 1 is 1.46 bits per heavy atom. The number of pyridine rings is 1. The predicted molar refractivity (Wildman–Crippen MR) is 42.8 cm³/mol. The molecule has 0 amide bonds. The predicted octanol–water partition coefficient (Wildman–Crippen LogP) is 1.05. The Morgan fingerprint density at radius 3 is 2.62 bits per heavy atom. The maximum atomic E-state index is 11.8. The van der Waals surface area contributed by atoms with E-state index in [1.165, 1.54) is 18.3 Å². The van der Waals surface area contributed by atoms with E-state index in [1.54, 1.807) is 4.72 Å². The quantitative estimate of drug-likeness (QED) is 0.807. The molecule has 7 heteroatoms. The lowest BCUT2D eigenvalue weighted by Crippen LogP contribution is -2.20. The Morgan fingerprint density at radius 2 is 2.15 bits per heavy atom. The van der Waals surface area contributed by atoms with Gasteiger partial charge < -0.3 is 0 Å². The van der Waals surface area contributed by atoms with Gasteiger partial charge in [0.25, 0.3) is 10.0 Å². The highest BCUT2D eigenvalue weighted by molar-refractivity contribution is 7.93. The minimum atomic E-state index is -4.57. The molecule has 0 aliphatic heterocycles. The van der Waals surface area contributed by atoms with Gasteiger partial charge in [-0.05, 0) is 12.1 Å². The molecule has 0 saturated carbocycles. The first-order valence-electron chi connectivity index (χ1n) is 3.22. The summed E-state index contributed by atoms with van der Waals surface area (Å²) < 4.78 is 46.6. The number of alkyl halides is 2. The highest BCUT2D eigenvalue weighted by atomic mass is 32.2. The van der Waals surface area contributed by atoms with Crippen LogP contribution in [0.3, 0.4) is 0 Å². The molecule has 0 spiro atoms. The van der Waals surface area contributed by atoms with Gasteiger partial charge in [0.1, 0.15) is 0 Å². The van der Waals surface area contributed by atoms with Crippen molar-refractivity contribution in [1.82, 2.24) is 4.98 Å². The van der Waals surface area contributed by atoms with Gasteiger partial charge in [-0.1, -0.05) is 0 Å².